The third-order valence-electron chi connectivity index (χ3n) is 6.42. The summed E-state index contributed by atoms with van der Waals surface area (Å²) in [5, 5.41) is 4.04. The van der Waals surface area contributed by atoms with Gasteiger partial charge in [0.05, 0.1) is 18.0 Å². The van der Waals surface area contributed by atoms with Gasteiger partial charge < -0.3 is 14.2 Å². The smallest absolute Gasteiger partial charge is 0.259 e. The number of hydrogen-bond acceptors (Lipinski definition) is 6. The van der Waals surface area contributed by atoms with Crippen LogP contribution in [-0.2, 0) is 23.2 Å². The van der Waals surface area contributed by atoms with Crippen LogP contribution >= 0.6 is 0 Å². The van der Waals surface area contributed by atoms with E-state index < -0.39 is 5.60 Å². The Morgan fingerprint density at radius 3 is 2.71 bits per heavy atom. The van der Waals surface area contributed by atoms with Crippen molar-refractivity contribution < 1.29 is 14.1 Å². The molecule has 1 fully saturated rings. The van der Waals surface area contributed by atoms with Gasteiger partial charge >= 0.3 is 0 Å². The number of benzene rings is 1. The lowest BCUT2D eigenvalue weighted by Crippen LogP contribution is -2.49. The number of piperidine rings is 1. The van der Waals surface area contributed by atoms with Crippen LogP contribution < -0.4 is 0 Å². The number of fused-ring (bicyclic) bond motifs is 2. The second-order valence-corrected chi connectivity index (χ2v) is 8.23. The number of nitrogens with zero attached hydrogens (tertiary/aromatic N) is 4. The van der Waals surface area contributed by atoms with E-state index in [2.05, 4.69) is 10.1 Å². The molecule has 0 bridgehead atoms. The van der Waals surface area contributed by atoms with Gasteiger partial charge in [-0.3, -0.25) is 4.79 Å². The number of carbonyl (C=O) groups excluding carboxylic acids is 1. The standard InChI is InChI=1S/C24H26N4O3/c1-3-19-20(16(2)31-27-19)23(29)28-12-10-24(11-13-28)21-18(9-14-30-24)15-25-22(26-21)17-7-5-4-6-8-17/h4-8,15H,3,9-14H2,1-2H3. The molecule has 160 valence electrons. The lowest BCUT2D eigenvalue weighted by atomic mass is 9.83. The highest BCUT2D eigenvalue weighted by atomic mass is 16.5. The van der Waals surface area contributed by atoms with Crippen LogP contribution in [0.3, 0.4) is 0 Å². The summed E-state index contributed by atoms with van der Waals surface area (Å²) in [5.41, 5.74) is 3.99. The van der Waals surface area contributed by atoms with Crippen LogP contribution in [0.4, 0.5) is 0 Å². The first-order chi connectivity index (χ1) is 15.1. The topological polar surface area (TPSA) is 81.4 Å². The third kappa shape index (κ3) is 3.43. The van der Waals surface area contributed by atoms with Crippen LogP contribution in [0.5, 0.6) is 0 Å². The van der Waals surface area contributed by atoms with Crippen molar-refractivity contribution in [3.05, 3.63) is 64.8 Å². The number of amides is 1. The molecule has 2 aliphatic heterocycles. The summed E-state index contributed by atoms with van der Waals surface area (Å²) in [4.78, 5) is 24.6. The van der Waals surface area contributed by atoms with E-state index in [1.165, 1.54) is 0 Å². The van der Waals surface area contributed by atoms with Gasteiger partial charge in [0.2, 0.25) is 0 Å². The number of aromatic nitrogens is 3. The number of aryl methyl sites for hydroxylation is 2. The maximum Gasteiger partial charge on any atom is 0.259 e. The van der Waals surface area contributed by atoms with Gasteiger partial charge in [-0.05, 0) is 38.2 Å². The molecule has 7 heteroatoms. The summed E-state index contributed by atoms with van der Waals surface area (Å²) >= 11 is 0. The summed E-state index contributed by atoms with van der Waals surface area (Å²) in [6.07, 6.45) is 4.85. The zero-order valence-electron chi connectivity index (χ0n) is 17.9. The van der Waals surface area contributed by atoms with E-state index in [-0.39, 0.29) is 5.91 Å². The molecule has 0 atom stereocenters. The SMILES string of the molecule is CCc1noc(C)c1C(=O)N1CCC2(CC1)OCCc1cnc(-c3ccccc3)nc12. The van der Waals surface area contributed by atoms with Crippen molar-refractivity contribution in [2.45, 2.75) is 45.1 Å². The largest absolute Gasteiger partial charge is 0.368 e. The molecule has 3 aromatic rings. The Bertz CT molecular complexity index is 1100. The summed E-state index contributed by atoms with van der Waals surface area (Å²) < 4.78 is 11.6. The number of rotatable bonds is 3. The molecular formula is C24H26N4O3. The summed E-state index contributed by atoms with van der Waals surface area (Å²) in [5.74, 6) is 1.30. The first-order valence-corrected chi connectivity index (χ1v) is 10.9. The molecule has 1 amide bonds. The van der Waals surface area contributed by atoms with Crippen LogP contribution in [0, 0.1) is 6.92 Å². The van der Waals surface area contributed by atoms with Gasteiger partial charge in [0.1, 0.15) is 16.9 Å². The minimum atomic E-state index is -0.464. The highest BCUT2D eigenvalue weighted by Gasteiger charge is 2.44. The molecule has 7 nitrogen and oxygen atoms in total. The van der Waals surface area contributed by atoms with Crippen molar-refractivity contribution in [3.63, 3.8) is 0 Å². The van der Waals surface area contributed by atoms with Crippen LogP contribution in [0.15, 0.2) is 41.1 Å². The number of likely N-dealkylation sites (tertiary alicyclic amines) is 1. The molecule has 1 spiro atoms. The predicted molar refractivity (Wildman–Crippen MR) is 115 cm³/mol. The molecule has 1 saturated heterocycles. The fraction of sp³-hybridized carbons (Fsp3) is 0.417. The highest BCUT2D eigenvalue weighted by molar-refractivity contribution is 5.96. The van der Waals surface area contributed by atoms with Gasteiger partial charge in [-0.15, -0.1) is 0 Å². The van der Waals surface area contributed by atoms with Gasteiger partial charge in [-0.25, -0.2) is 9.97 Å². The molecule has 4 heterocycles. The molecular weight excluding hydrogens is 392 g/mol. The Hall–Kier alpha value is -3.06. The minimum Gasteiger partial charge on any atom is -0.368 e. The monoisotopic (exact) mass is 418 g/mol. The molecule has 5 rings (SSSR count). The highest BCUT2D eigenvalue weighted by Crippen LogP contribution is 2.41. The normalized spacial score (nSPS) is 17.5. The van der Waals surface area contributed by atoms with E-state index in [9.17, 15) is 4.79 Å². The fourth-order valence-electron chi connectivity index (χ4n) is 4.68. The van der Waals surface area contributed by atoms with E-state index >= 15 is 0 Å². The second-order valence-electron chi connectivity index (χ2n) is 8.23. The molecule has 0 radical (unpaired) electrons. The second kappa shape index (κ2) is 7.89. The van der Waals surface area contributed by atoms with Gasteiger partial charge in [0, 0.05) is 24.8 Å². The number of ether oxygens (including phenoxy) is 1. The molecule has 31 heavy (non-hydrogen) atoms. The van der Waals surface area contributed by atoms with Crippen molar-refractivity contribution in [2.75, 3.05) is 19.7 Å². The minimum absolute atomic E-state index is 0.00542. The van der Waals surface area contributed by atoms with E-state index in [1.807, 2.05) is 48.4 Å². The van der Waals surface area contributed by atoms with E-state index in [0.717, 1.165) is 34.8 Å². The van der Waals surface area contributed by atoms with Crippen LogP contribution in [-0.4, -0.2) is 45.6 Å². The van der Waals surface area contributed by atoms with Crippen molar-refractivity contribution in [1.82, 2.24) is 20.0 Å². The van der Waals surface area contributed by atoms with Crippen molar-refractivity contribution in [3.8, 4) is 11.4 Å². The summed E-state index contributed by atoms with van der Waals surface area (Å²) in [6, 6.07) is 10.0. The zero-order chi connectivity index (χ0) is 21.4. The Kier molecular flexibility index (Phi) is 5.06. The van der Waals surface area contributed by atoms with Gasteiger partial charge in [-0.2, -0.15) is 0 Å². The Labute approximate surface area is 181 Å². The maximum atomic E-state index is 13.2. The third-order valence-corrected chi connectivity index (χ3v) is 6.42. The molecule has 0 unspecified atom stereocenters. The average molecular weight is 418 g/mol. The fourth-order valence-corrected chi connectivity index (χ4v) is 4.68. The van der Waals surface area contributed by atoms with Gasteiger partial charge in [-0.1, -0.05) is 42.4 Å². The predicted octanol–water partition coefficient (Wildman–Crippen LogP) is 3.71. The molecule has 2 aromatic heterocycles. The Morgan fingerprint density at radius 2 is 1.97 bits per heavy atom. The first kappa shape index (κ1) is 19.9. The zero-order valence-corrected chi connectivity index (χ0v) is 17.9. The lowest BCUT2D eigenvalue weighted by molar-refractivity contribution is -0.0967. The summed E-state index contributed by atoms with van der Waals surface area (Å²) in [6.45, 7) is 5.65. The van der Waals surface area contributed by atoms with Gasteiger partial charge in [0.25, 0.3) is 5.91 Å². The van der Waals surface area contributed by atoms with E-state index in [0.29, 0.717) is 50.3 Å². The number of hydrogen-bond donors (Lipinski definition) is 0. The first-order valence-electron chi connectivity index (χ1n) is 10.9. The van der Waals surface area contributed by atoms with Crippen LogP contribution in [0.25, 0.3) is 11.4 Å². The Morgan fingerprint density at radius 1 is 1.19 bits per heavy atom. The summed E-state index contributed by atoms with van der Waals surface area (Å²) in [7, 11) is 0. The molecule has 0 saturated carbocycles. The van der Waals surface area contributed by atoms with Crippen molar-refractivity contribution in [2.24, 2.45) is 0 Å². The maximum absolute atomic E-state index is 13.2. The number of carbonyl (C=O) groups is 1. The van der Waals surface area contributed by atoms with Gasteiger partial charge in [0.15, 0.2) is 5.82 Å². The molecule has 2 aliphatic rings. The molecule has 0 N–H and O–H groups in total. The van der Waals surface area contributed by atoms with Crippen molar-refractivity contribution >= 4 is 5.91 Å². The average Bonchev–Trinajstić information content (AvgIpc) is 3.20. The van der Waals surface area contributed by atoms with E-state index in [4.69, 9.17) is 14.2 Å². The van der Waals surface area contributed by atoms with Crippen LogP contribution in [0.2, 0.25) is 0 Å². The lowest BCUT2D eigenvalue weighted by Gasteiger charge is -2.44. The van der Waals surface area contributed by atoms with E-state index in [1.54, 1.807) is 6.92 Å². The Balaban J connectivity index is 1.41. The van der Waals surface area contributed by atoms with Crippen molar-refractivity contribution in [1.29, 1.82) is 0 Å². The molecule has 1 aromatic carbocycles. The quantitative estimate of drug-likeness (QED) is 0.645. The molecule has 0 aliphatic carbocycles. The van der Waals surface area contributed by atoms with Crippen LogP contribution in [0.1, 0.15) is 52.8 Å².